The van der Waals surface area contributed by atoms with Crippen LogP contribution < -0.4 is 5.32 Å². The zero-order valence-electron chi connectivity index (χ0n) is 13.5. The Labute approximate surface area is 136 Å². The molecule has 1 heterocycles. The van der Waals surface area contributed by atoms with Crippen LogP contribution in [0.1, 0.15) is 25.3 Å². The van der Waals surface area contributed by atoms with Gasteiger partial charge < -0.3 is 5.32 Å². The Morgan fingerprint density at radius 3 is 2.52 bits per heavy atom. The minimum Gasteiger partial charge on any atom is -0.353 e. The molecule has 1 atom stereocenters. The van der Waals surface area contributed by atoms with Crippen LogP contribution in [0, 0.1) is 11.7 Å². The van der Waals surface area contributed by atoms with E-state index in [1.165, 1.54) is 16.6 Å². The number of hydrogen-bond acceptors (Lipinski definition) is 3. The highest BCUT2D eigenvalue weighted by molar-refractivity contribution is 7.88. The minimum absolute atomic E-state index is 0.0245. The Hall–Kier alpha value is -1.47. The van der Waals surface area contributed by atoms with E-state index in [9.17, 15) is 17.6 Å². The average Bonchev–Trinajstić information content (AvgIpc) is 2.49. The Morgan fingerprint density at radius 2 is 1.96 bits per heavy atom. The zero-order chi connectivity index (χ0) is 17.0. The molecule has 1 aromatic rings. The van der Waals surface area contributed by atoms with Crippen LogP contribution in [-0.4, -0.2) is 44.0 Å². The molecule has 0 radical (unpaired) electrons. The summed E-state index contributed by atoms with van der Waals surface area (Å²) in [6.45, 7) is 2.62. The third kappa shape index (κ3) is 5.00. The monoisotopic (exact) mass is 342 g/mol. The molecule has 1 fully saturated rings. The quantitative estimate of drug-likeness (QED) is 0.883. The predicted molar refractivity (Wildman–Crippen MR) is 86.8 cm³/mol. The third-order valence-electron chi connectivity index (χ3n) is 4.20. The number of piperidine rings is 1. The van der Waals surface area contributed by atoms with Crippen molar-refractivity contribution >= 4 is 15.9 Å². The van der Waals surface area contributed by atoms with Gasteiger partial charge in [-0.2, -0.15) is 0 Å². The van der Waals surface area contributed by atoms with Gasteiger partial charge in [0.15, 0.2) is 0 Å². The lowest BCUT2D eigenvalue weighted by Gasteiger charge is -2.31. The van der Waals surface area contributed by atoms with E-state index >= 15 is 0 Å². The normalized spacial score (nSPS) is 18.6. The number of sulfonamides is 1. The summed E-state index contributed by atoms with van der Waals surface area (Å²) in [5.41, 5.74) is 0.530. The summed E-state index contributed by atoms with van der Waals surface area (Å²) in [7, 11) is -3.16. The Morgan fingerprint density at radius 1 is 1.35 bits per heavy atom. The number of amides is 1. The fraction of sp³-hybridized carbons (Fsp3) is 0.562. The Balaban J connectivity index is 1.84. The first-order valence-corrected chi connectivity index (χ1v) is 9.61. The smallest absolute Gasteiger partial charge is 0.223 e. The molecule has 1 unspecified atom stereocenters. The minimum atomic E-state index is -3.16. The molecule has 1 saturated heterocycles. The average molecular weight is 342 g/mol. The van der Waals surface area contributed by atoms with Crippen LogP contribution in [0.4, 0.5) is 4.39 Å². The third-order valence-corrected chi connectivity index (χ3v) is 5.50. The Kier molecular flexibility index (Phi) is 5.75. The molecular weight excluding hydrogens is 319 g/mol. The fourth-order valence-corrected chi connectivity index (χ4v) is 3.64. The summed E-state index contributed by atoms with van der Waals surface area (Å²) >= 11 is 0. The maximum absolute atomic E-state index is 13.6. The van der Waals surface area contributed by atoms with Gasteiger partial charge in [-0.05, 0) is 30.9 Å². The van der Waals surface area contributed by atoms with E-state index in [1.54, 1.807) is 25.1 Å². The second kappa shape index (κ2) is 7.40. The molecule has 1 aliphatic heterocycles. The van der Waals surface area contributed by atoms with Crippen molar-refractivity contribution < 1.29 is 17.6 Å². The van der Waals surface area contributed by atoms with Gasteiger partial charge in [0.05, 0.1) is 6.26 Å². The molecule has 0 saturated carbocycles. The molecular formula is C16H23FN2O3S. The van der Waals surface area contributed by atoms with Crippen molar-refractivity contribution in [3.8, 4) is 0 Å². The van der Waals surface area contributed by atoms with E-state index in [0.29, 0.717) is 37.9 Å². The summed E-state index contributed by atoms with van der Waals surface area (Å²) in [6, 6.07) is 6.43. The molecule has 1 amide bonds. The van der Waals surface area contributed by atoms with Crippen molar-refractivity contribution in [1.82, 2.24) is 9.62 Å². The van der Waals surface area contributed by atoms with Gasteiger partial charge in [0.1, 0.15) is 5.82 Å². The molecule has 128 valence electrons. The number of halogens is 1. The first-order valence-electron chi connectivity index (χ1n) is 7.76. The van der Waals surface area contributed by atoms with E-state index in [-0.39, 0.29) is 23.7 Å². The second-order valence-electron chi connectivity index (χ2n) is 6.14. The number of carbonyl (C=O) groups excluding carboxylic acids is 1. The predicted octanol–water partition coefficient (Wildman–Crippen LogP) is 1.54. The SMILES string of the molecule is CC(Cc1ccccc1F)C(=O)NC1CCN(S(C)(=O)=O)CC1. The van der Waals surface area contributed by atoms with E-state index in [1.807, 2.05) is 0 Å². The highest BCUT2D eigenvalue weighted by atomic mass is 32.2. The summed E-state index contributed by atoms with van der Waals surface area (Å²) in [5, 5.41) is 2.95. The van der Waals surface area contributed by atoms with Gasteiger partial charge in [-0.1, -0.05) is 25.1 Å². The molecule has 23 heavy (non-hydrogen) atoms. The van der Waals surface area contributed by atoms with Crippen LogP contribution in [0.15, 0.2) is 24.3 Å². The molecule has 1 N–H and O–H groups in total. The van der Waals surface area contributed by atoms with Crippen molar-refractivity contribution in [2.45, 2.75) is 32.2 Å². The molecule has 1 aromatic carbocycles. The fourth-order valence-electron chi connectivity index (χ4n) is 2.76. The summed E-state index contributed by atoms with van der Waals surface area (Å²) in [4.78, 5) is 12.2. The maximum Gasteiger partial charge on any atom is 0.223 e. The van der Waals surface area contributed by atoms with Crippen molar-refractivity contribution in [3.63, 3.8) is 0 Å². The molecule has 1 aliphatic rings. The van der Waals surface area contributed by atoms with Crippen LogP contribution in [0.3, 0.4) is 0 Å². The van der Waals surface area contributed by atoms with Crippen LogP contribution >= 0.6 is 0 Å². The molecule has 5 nitrogen and oxygen atoms in total. The van der Waals surface area contributed by atoms with E-state index in [0.717, 1.165) is 0 Å². The molecule has 0 aliphatic carbocycles. The summed E-state index contributed by atoms with van der Waals surface area (Å²) in [5.74, 6) is -0.750. The molecule has 0 bridgehead atoms. The molecule has 0 aromatic heterocycles. The summed E-state index contributed by atoms with van der Waals surface area (Å²) in [6.07, 6.45) is 2.75. The largest absolute Gasteiger partial charge is 0.353 e. The first kappa shape index (κ1) is 17.9. The van der Waals surface area contributed by atoms with Crippen molar-refractivity contribution in [3.05, 3.63) is 35.6 Å². The van der Waals surface area contributed by atoms with Crippen LogP contribution in [-0.2, 0) is 21.2 Å². The van der Waals surface area contributed by atoms with Crippen molar-refractivity contribution in [2.24, 2.45) is 5.92 Å². The van der Waals surface area contributed by atoms with Gasteiger partial charge in [0, 0.05) is 25.0 Å². The number of hydrogen-bond donors (Lipinski definition) is 1. The molecule has 2 rings (SSSR count). The van der Waals surface area contributed by atoms with Gasteiger partial charge in [-0.15, -0.1) is 0 Å². The lowest BCUT2D eigenvalue weighted by molar-refractivity contribution is -0.125. The first-order chi connectivity index (χ1) is 10.8. The molecule has 0 spiro atoms. The van der Waals surface area contributed by atoms with Crippen LogP contribution in [0.25, 0.3) is 0 Å². The van der Waals surface area contributed by atoms with Crippen molar-refractivity contribution in [2.75, 3.05) is 19.3 Å². The van der Waals surface area contributed by atoms with Gasteiger partial charge in [-0.25, -0.2) is 17.1 Å². The zero-order valence-corrected chi connectivity index (χ0v) is 14.3. The van der Waals surface area contributed by atoms with E-state index < -0.39 is 10.0 Å². The number of rotatable bonds is 5. The standard InChI is InChI=1S/C16H23FN2O3S/c1-12(11-13-5-3-4-6-15(13)17)16(20)18-14-7-9-19(10-8-14)23(2,21)22/h3-6,12,14H,7-11H2,1-2H3,(H,18,20). The van der Waals surface area contributed by atoms with Gasteiger partial charge in [0.2, 0.25) is 15.9 Å². The van der Waals surface area contributed by atoms with Gasteiger partial charge in [-0.3, -0.25) is 4.79 Å². The van der Waals surface area contributed by atoms with Gasteiger partial charge >= 0.3 is 0 Å². The number of nitrogens with zero attached hydrogens (tertiary/aromatic N) is 1. The lowest BCUT2D eigenvalue weighted by atomic mass is 9.98. The number of carbonyl (C=O) groups is 1. The summed E-state index contributed by atoms with van der Waals surface area (Å²) < 4.78 is 38.0. The number of benzene rings is 1. The lowest BCUT2D eigenvalue weighted by Crippen LogP contribution is -2.47. The second-order valence-corrected chi connectivity index (χ2v) is 8.12. The number of nitrogens with one attached hydrogen (secondary N) is 1. The molecule has 7 heteroatoms. The van der Waals surface area contributed by atoms with E-state index in [4.69, 9.17) is 0 Å². The highest BCUT2D eigenvalue weighted by Gasteiger charge is 2.27. The van der Waals surface area contributed by atoms with Crippen molar-refractivity contribution in [1.29, 1.82) is 0 Å². The van der Waals surface area contributed by atoms with E-state index in [2.05, 4.69) is 5.32 Å². The topological polar surface area (TPSA) is 66.5 Å². The van der Waals surface area contributed by atoms with Gasteiger partial charge in [0.25, 0.3) is 0 Å². The van der Waals surface area contributed by atoms with Crippen LogP contribution in [0.2, 0.25) is 0 Å². The highest BCUT2D eigenvalue weighted by Crippen LogP contribution is 2.16. The van der Waals surface area contributed by atoms with Crippen LogP contribution in [0.5, 0.6) is 0 Å². The maximum atomic E-state index is 13.6. The Bertz CT molecular complexity index is 655.